The zero-order chi connectivity index (χ0) is 14.9. The Labute approximate surface area is 127 Å². The maximum atomic E-state index is 5.34. The van der Waals surface area contributed by atoms with Crippen LogP contribution in [0, 0.1) is 5.92 Å². The minimum absolute atomic E-state index is 0.685. The number of rotatable bonds is 6. The molecule has 1 aromatic heterocycles. The number of piperidine rings is 1. The van der Waals surface area contributed by atoms with Crippen molar-refractivity contribution in [3.8, 4) is 0 Å². The molecular formula is C16H28N4O. The lowest BCUT2D eigenvalue weighted by Crippen LogP contribution is -2.39. The summed E-state index contributed by atoms with van der Waals surface area (Å²) >= 11 is 0. The van der Waals surface area contributed by atoms with Crippen LogP contribution in [0.4, 0.5) is 0 Å². The zero-order valence-electron chi connectivity index (χ0n) is 13.3. The molecule has 0 aliphatic carbocycles. The van der Waals surface area contributed by atoms with Crippen LogP contribution in [0.5, 0.6) is 0 Å². The van der Waals surface area contributed by atoms with Crippen LogP contribution in [0.2, 0.25) is 0 Å². The van der Waals surface area contributed by atoms with Crippen molar-refractivity contribution in [2.24, 2.45) is 10.9 Å². The normalized spacial score (nSPS) is 20.5. The number of likely N-dealkylation sites (tertiary alicyclic amines) is 1. The molecule has 1 aliphatic heterocycles. The van der Waals surface area contributed by atoms with Crippen molar-refractivity contribution in [1.82, 2.24) is 15.5 Å². The van der Waals surface area contributed by atoms with E-state index in [4.69, 9.17) is 9.41 Å². The van der Waals surface area contributed by atoms with Crippen LogP contribution >= 0.6 is 0 Å². The summed E-state index contributed by atoms with van der Waals surface area (Å²) in [4.78, 5) is 7.13. The molecular weight excluding hydrogens is 264 g/mol. The van der Waals surface area contributed by atoms with Crippen LogP contribution in [0.15, 0.2) is 27.8 Å². The maximum absolute atomic E-state index is 5.34. The average Bonchev–Trinajstić information content (AvgIpc) is 2.98. The number of hydrogen-bond acceptors (Lipinski definition) is 3. The van der Waals surface area contributed by atoms with Gasteiger partial charge in [-0.2, -0.15) is 0 Å². The minimum atomic E-state index is 0.685. The van der Waals surface area contributed by atoms with E-state index in [0.29, 0.717) is 5.92 Å². The van der Waals surface area contributed by atoms with Gasteiger partial charge in [0.2, 0.25) is 0 Å². The predicted molar refractivity (Wildman–Crippen MR) is 86.6 cm³/mol. The maximum Gasteiger partial charge on any atom is 0.191 e. The molecule has 118 valence electrons. The van der Waals surface area contributed by atoms with Crippen molar-refractivity contribution in [1.29, 1.82) is 0 Å². The smallest absolute Gasteiger partial charge is 0.191 e. The molecule has 2 heterocycles. The van der Waals surface area contributed by atoms with E-state index in [1.54, 1.807) is 6.26 Å². The van der Waals surface area contributed by atoms with Crippen LogP contribution in [-0.4, -0.2) is 50.6 Å². The lowest BCUT2D eigenvalue weighted by atomic mass is 9.99. The standard InChI is InChI=1S/C16H28N4O/c1-3-17-16(18-9-8-15-7-5-11-21-15)19-12-14-6-4-10-20(2)13-14/h5,7,11,14H,3-4,6,8-10,12-13H2,1-2H3,(H2,17,18,19). The Morgan fingerprint density at radius 3 is 3.10 bits per heavy atom. The molecule has 1 unspecified atom stereocenters. The highest BCUT2D eigenvalue weighted by Crippen LogP contribution is 2.14. The van der Waals surface area contributed by atoms with Gasteiger partial charge in [0.1, 0.15) is 5.76 Å². The topological polar surface area (TPSA) is 52.8 Å². The molecule has 2 N–H and O–H groups in total. The summed E-state index contributed by atoms with van der Waals surface area (Å²) in [5.41, 5.74) is 0. The van der Waals surface area contributed by atoms with Crippen molar-refractivity contribution in [2.45, 2.75) is 26.2 Å². The second-order valence-corrected chi connectivity index (χ2v) is 5.75. The molecule has 0 saturated carbocycles. The molecule has 1 atom stereocenters. The van der Waals surface area contributed by atoms with E-state index in [-0.39, 0.29) is 0 Å². The Balaban J connectivity index is 1.75. The van der Waals surface area contributed by atoms with Gasteiger partial charge in [0.15, 0.2) is 5.96 Å². The van der Waals surface area contributed by atoms with Crippen LogP contribution in [0.3, 0.4) is 0 Å². The summed E-state index contributed by atoms with van der Waals surface area (Å²) in [5.74, 6) is 2.61. The van der Waals surface area contributed by atoms with Gasteiger partial charge < -0.3 is 20.0 Å². The molecule has 0 bridgehead atoms. The molecule has 1 fully saturated rings. The highest BCUT2D eigenvalue weighted by molar-refractivity contribution is 5.79. The molecule has 2 rings (SSSR count). The summed E-state index contributed by atoms with van der Waals surface area (Å²) in [6.07, 6.45) is 5.18. The fraction of sp³-hybridized carbons (Fsp3) is 0.688. The summed E-state index contributed by atoms with van der Waals surface area (Å²) in [6.45, 7) is 7.11. The van der Waals surface area contributed by atoms with Crippen LogP contribution in [0.25, 0.3) is 0 Å². The molecule has 1 aromatic rings. The molecule has 0 aromatic carbocycles. The number of nitrogens with one attached hydrogen (secondary N) is 2. The Hall–Kier alpha value is -1.49. The Morgan fingerprint density at radius 2 is 2.38 bits per heavy atom. The summed E-state index contributed by atoms with van der Waals surface area (Å²) in [6, 6.07) is 3.93. The van der Waals surface area contributed by atoms with Gasteiger partial charge in [-0.15, -0.1) is 0 Å². The number of furan rings is 1. The van der Waals surface area contributed by atoms with E-state index >= 15 is 0 Å². The SMILES string of the molecule is CCNC(=NCC1CCCN(C)C1)NCCc1ccco1. The minimum Gasteiger partial charge on any atom is -0.469 e. The fourth-order valence-corrected chi connectivity index (χ4v) is 2.74. The van der Waals surface area contributed by atoms with E-state index in [2.05, 4.69) is 29.5 Å². The van der Waals surface area contributed by atoms with Crippen molar-refractivity contribution < 1.29 is 4.42 Å². The Bertz CT molecular complexity index is 416. The van der Waals surface area contributed by atoms with E-state index < -0.39 is 0 Å². The number of guanidine groups is 1. The second kappa shape index (κ2) is 8.72. The first kappa shape index (κ1) is 15.9. The second-order valence-electron chi connectivity index (χ2n) is 5.75. The van der Waals surface area contributed by atoms with Crippen molar-refractivity contribution in [2.75, 3.05) is 39.8 Å². The van der Waals surface area contributed by atoms with Crippen LogP contribution in [-0.2, 0) is 6.42 Å². The van der Waals surface area contributed by atoms with Gasteiger partial charge in [-0.25, -0.2) is 0 Å². The first-order chi connectivity index (χ1) is 10.3. The van der Waals surface area contributed by atoms with Crippen LogP contribution in [0.1, 0.15) is 25.5 Å². The van der Waals surface area contributed by atoms with Crippen molar-refractivity contribution in [3.05, 3.63) is 24.2 Å². The molecule has 0 amide bonds. The zero-order valence-corrected chi connectivity index (χ0v) is 13.3. The van der Waals surface area contributed by atoms with E-state index in [1.807, 2.05) is 12.1 Å². The van der Waals surface area contributed by atoms with Crippen molar-refractivity contribution in [3.63, 3.8) is 0 Å². The molecule has 0 spiro atoms. The first-order valence-electron chi connectivity index (χ1n) is 8.01. The molecule has 1 aliphatic rings. The van der Waals surface area contributed by atoms with Gasteiger partial charge in [-0.05, 0) is 51.4 Å². The molecule has 5 nitrogen and oxygen atoms in total. The lowest BCUT2D eigenvalue weighted by molar-refractivity contribution is 0.214. The number of hydrogen-bond donors (Lipinski definition) is 2. The van der Waals surface area contributed by atoms with Crippen LogP contribution < -0.4 is 10.6 Å². The Kier molecular flexibility index (Phi) is 6.60. The van der Waals surface area contributed by atoms with Gasteiger partial charge in [0, 0.05) is 32.6 Å². The molecule has 0 radical (unpaired) electrons. The number of nitrogens with zero attached hydrogens (tertiary/aromatic N) is 2. The third-order valence-corrected chi connectivity index (χ3v) is 3.82. The summed E-state index contributed by atoms with van der Waals surface area (Å²) in [5, 5.41) is 6.68. The van der Waals surface area contributed by atoms with Gasteiger partial charge in [-0.3, -0.25) is 4.99 Å². The van der Waals surface area contributed by atoms with E-state index in [1.165, 1.54) is 19.4 Å². The largest absolute Gasteiger partial charge is 0.469 e. The van der Waals surface area contributed by atoms with E-state index in [0.717, 1.165) is 44.3 Å². The highest BCUT2D eigenvalue weighted by Gasteiger charge is 2.16. The van der Waals surface area contributed by atoms with Gasteiger partial charge in [0.05, 0.1) is 6.26 Å². The molecule has 21 heavy (non-hydrogen) atoms. The first-order valence-corrected chi connectivity index (χ1v) is 8.01. The molecule has 1 saturated heterocycles. The monoisotopic (exact) mass is 292 g/mol. The van der Waals surface area contributed by atoms with Gasteiger partial charge >= 0.3 is 0 Å². The fourth-order valence-electron chi connectivity index (χ4n) is 2.74. The molecule has 5 heteroatoms. The Morgan fingerprint density at radius 1 is 1.48 bits per heavy atom. The average molecular weight is 292 g/mol. The van der Waals surface area contributed by atoms with Gasteiger partial charge in [-0.1, -0.05) is 0 Å². The number of aliphatic imine (C=N–C) groups is 1. The summed E-state index contributed by atoms with van der Waals surface area (Å²) in [7, 11) is 2.20. The van der Waals surface area contributed by atoms with Crippen molar-refractivity contribution >= 4 is 5.96 Å². The third-order valence-electron chi connectivity index (χ3n) is 3.82. The van der Waals surface area contributed by atoms with Gasteiger partial charge in [0.25, 0.3) is 0 Å². The highest BCUT2D eigenvalue weighted by atomic mass is 16.3. The quantitative estimate of drug-likeness (QED) is 0.619. The summed E-state index contributed by atoms with van der Waals surface area (Å²) < 4.78 is 5.34. The van der Waals surface area contributed by atoms with E-state index in [9.17, 15) is 0 Å². The lowest BCUT2D eigenvalue weighted by Gasteiger charge is -2.28. The third kappa shape index (κ3) is 5.79. The predicted octanol–water partition coefficient (Wildman–Crippen LogP) is 1.72.